The molecule has 1 aliphatic rings. The summed E-state index contributed by atoms with van der Waals surface area (Å²) in [5, 5.41) is 8.96. The van der Waals surface area contributed by atoms with Crippen LogP contribution in [0.5, 0.6) is 0 Å². The van der Waals surface area contributed by atoms with Gasteiger partial charge in [-0.2, -0.15) is 0 Å². The van der Waals surface area contributed by atoms with E-state index in [-0.39, 0.29) is 0 Å². The Morgan fingerprint density at radius 2 is 1.93 bits per heavy atom. The molecule has 0 spiro atoms. The molecule has 7 nitrogen and oxygen atoms in total. The molecule has 6 rings (SSSR count). The van der Waals surface area contributed by atoms with Crippen molar-refractivity contribution < 1.29 is 4.42 Å². The Kier molecular flexibility index (Phi) is 3.45. The molecular weight excluding hydrogens is 388 g/mol. The summed E-state index contributed by atoms with van der Waals surface area (Å²) in [5.74, 6) is 0.481. The fourth-order valence-electron chi connectivity index (χ4n) is 3.67. The maximum absolute atomic E-state index is 6.24. The molecule has 29 heavy (non-hydrogen) atoms. The highest BCUT2D eigenvalue weighted by molar-refractivity contribution is 6.30. The van der Waals surface area contributed by atoms with Crippen molar-refractivity contribution in [1.82, 2.24) is 29.5 Å². The zero-order valence-electron chi connectivity index (χ0n) is 15.0. The Morgan fingerprint density at radius 3 is 2.83 bits per heavy atom. The normalized spacial score (nSPS) is 12.2. The van der Waals surface area contributed by atoms with Gasteiger partial charge in [-0.05, 0) is 18.2 Å². The second-order valence-electron chi connectivity index (χ2n) is 6.76. The van der Waals surface area contributed by atoms with E-state index in [1.165, 1.54) is 0 Å². The van der Waals surface area contributed by atoms with Gasteiger partial charge < -0.3 is 4.42 Å². The van der Waals surface area contributed by atoms with E-state index in [9.17, 15) is 0 Å². The van der Waals surface area contributed by atoms with Crippen LogP contribution in [-0.2, 0) is 6.42 Å². The molecule has 1 aliphatic heterocycles. The molecule has 0 fully saturated rings. The number of oxazole rings is 1. The average Bonchev–Trinajstić information content (AvgIpc) is 3.48. The van der Waals surface area contributed by atoms with Gasteiger partial charge in [-0.25, -0.2) is 14.6 Å². The molecule has 5 aromatic rings. The van der Waals surface area contributed by atoms with Gasteiger partial charge in [-0.3, -0.25) is 4.57 Å². The molecule has 0 atom stereocenters. The summed E-state index contributed by atoms with van der Waals surface area (Å²) in [7, 11) is 0. The third-order valence-corrected chi connectivity index (χ3v) is 5.27. The van der Waals surface area contributed by atoms with Crippen LogP contribution in [-0.4, -0.2) is 29.5 Å². The molecule has 0 saturated heterocycles. The van der Waals surface area contributed by atoms with Crippen molar-refractivity contribution in [2.45, 2.75) is 6.42 Å². The molecule has 0 amide bonds. The maximum Gasteiger partial charge on any atom is 0.247 e. The van der Waals surface area contributed by atoms with Gasteiger partial charge >= 0.3 is 0 Å². The number of halogens is 1. The standard InChI is InChI=1S/C21H13ClN6O/c22-14-6-7-17-18(8-14)28-15(10-24-26-28)9-19-20(23-12-27(17)19)21-25-16(11-29-21)13-4-2-1-3-5-13/h1-8,10-12H,9H2. The van der Waals surface area contributed by atoms with Crippen LogP contribution in [0.15, 0.2) is 71.7 Å². The Labute approximate surface area is 170 Å². The van der Waals surface area contributed by atoms with Crippen molar-refractivity contribution >= 4 is 11.6 Å². The van der Waals surface area contributed by atoms with Crippen LogP contribution in [0.4, 0.5) is 0 Å². The first-order valence-electron chi connectivity index (χ1n) is 9.05. The zero-order chi connectivity index (χ0) is 19.4. The highest BCUT2D eigenvalue weighted by Gasteiger charge is 2.26. The number of fused-ring (bicyclic) bond motifs is 5. The largest absolute Gasteiger partial charge is 0.443 e. The summed E-state index contributed by atoms with van der Waals surface area (Å²) < 4.78 is 9.64. The first kappa shape index (κ1) is 16.3. The lowest BCUT2D eigenvalue weighted by molar-refractivity contribution is 0.572. The minimum absolute atomic E-state index is 0.481. The SMILES string of the molecule is Clc1ccc2c(c1)-n1nncc1Cc1c(-c3nc(-c4ccccc4)co3)ncn1-2. The van der Waals surface area contributed by atoms with Gasteiger partial charge in [-0.15, -0.1) is 5.10 Å². The Bertz CT molecular complexity index is 1350. The Morgan fingerprint density at radius 1 is 1.03 bits per heavy atom. The van der Waals surface area contributed by atoms with E-state index in [1.54, 1.807) is 18.8 Å². The van der Waals surface area contributed by atoms with Crippen LogP contribution in [0, 0.1) is 0 Å². The predicted octanol–water partition coefficient (Wildman–Crippen LogP) is 4.33. The number of nitrogens with zero attached hydrogens (tertiary/aromatic N) is 6. The highest BCUT2D eigenvalue weighted by Crippen LogP contribution is 2.34. The van der Waals surface area contributed by atoms with Crippen LogP contribution in [0.2, 0.25) is 5.02 Å². The minimum Gasteiger partial charge on any atom is -0.443 e. The monoisotopic (exact) mass is 400 g/mol. The lowest BCUT2D eigenvalue weighted by Gasteiger charge is -2.09. The molecule has 8 heteroatoms. The summed E-state index contributed by atoms with van der Waals surface area (Å²) in [5.41, 5.74) is 6.12. The van der Waals surface area contributed by atoms with Crippen LogP contribution in [0.25, 0.3) is 34.2 Å². The average molecular weight is 401 g/mol. The van der Waals surface area contributed by atoms with Crippen LogP contribution in [0.1, 0.15) is 11.4 Å². The topological polar surface area (TPSA) is 74.6 Å². The second-order valence-corrected chi connectivity index (χ2v) is 7.20. The molecule has 0 radical (unpaired) electrons. The molecule has 0 bridgehead atoms. The van der Waals surface area contributed by atoms with Gasteiger partial charge in [0, 0.05) is 17.0 Å². The van der Waals surface area contributed by atoms with E-state index in [4.69, 9.17) is 16.0 Å². The van der Waals surface area contributed by atoms with Crippen LogP contribution in [0.3, 0.4) is 0 Å². The predicted molar refractivity (Wildman–Crippen MR) is 107 cm³/mol. The first-order valence-corrected chi connectivity index (χ1v) is 9.43. The molecule has 4 heterocycles. The minimum atomic E-state index is 0.481. The summed E-state index contributed by atoms with van der Waals surface area (Å²) >= 11 is 6.24. The molecule has 140 valence electrons. The molecule has 0 N–H and O–H groups in total. The number of imidazole rings is 1. The van der Waals surface area contributed by atoms with Gasteiger partial charge in [0.15, 0.2) is 0 Å². The zero-order valence-corrected chi connectivity index (χ0v) is 15.8. The van der Waals surface area contributed by atoms with E-state index >= 15 is 0 Å². The number of aromatic nitrogens is 6. The molecule has 2 aromatic carbocycles. The van der Waals surface area contributed by atoms with Crippen molar-refractivity contribution in [2.24, 2.45) is 0 Å². The van der Waals surface area contributed by atoms with Crippen molar-refractivity contribution in [3.63, 3.8) is 0 Å². The number of rotatable bonds is 2. The Balaban J connectivity index is 1.53. The van der Waals surface area contributed by atoms with Gasteiger partial charge in [0.05, 0.1) is 29.0 Å². The van der Waals surface area contributed by atoms with Crippen molar-refractivity contribution in [2.75, 3.05) is 0 Å². The van der Waals surface area contributed by atoms with Crippen molar-refractivity contribution in [1.29, 1.82) is 0 Å². The van der Waals surface area contributed by atoms with Gasteiger partial charge in [0.25, 0.3) is 0 Å². The number of benzene rings is 2. The fraction of sp³-hybridized carbons (Fsp3) is 0.0476. The quantitative estimate of drug-likeness (QED) is 0.432. The lowest BCUT2D eigenvalue weighted by Crippen LogP contribution is -2.03. The van der Waals surface area contributed by atoms with E-state index in [2.05, 4.69) is 20.3 Å². The first-order chi connectivity index (χ1) is 14.3. The van der Waals surface area contributed by atoms with Crippen LogP contribution >= 0.6 is 11.6 Å². The van der Waals surface area contributed by atoms with Crippen molar-refractivity contribution in [3.05, 3.63) is 83.7 Å². The summed E-state index contributed by atoms with van der Waals surface area (Å²) in [6.07, 6.45) is 5.77. The third kappa shape index (κ3) is 2.51. The fourth-order valence-corrected chi connectivity index (χ4v) is 3.84. The molecule has 3 aromatic heterocycles. The maximum atomic E-state index is 6.24. The summed E-state index contributed by atoms with van der Waals surface area (Å²) in [4.78, 5) is 9.29. The number of hydrogen-bond donors (Lipinski definition) is 0. The van der Waals surface area contributed by atoms with E-state index < -0.39 is 0 Å². The molecular formula is C21H13ClN6O. The molecule has 0 unspecified atom stereocenters. The third-order valence-electron chi connectivity index (χ3n) is 5.04. The molecule has 0 saturated carbocycles. The lowest BCUT2D eigenvalue weighted by atomic mass is 10.2. The second kappa shape index (κ2) is 6.15. The Hall–Kier alpha value is -3.71. The summed E-state index contributed by atoms with van der Waals surface area (Å²) in [6, 6.07) is 15.6. The molecule has 0 aliphatic carbocycles. The number of hydrogen-bond acceptors (Lipinski definition) is 5. The highest BCUT2D eigenvalue weighted by atomic mass is 35.5. The van der Waals surface area contributed by atoms with Gasteiger partial charge in [-0.1, -0.05) is 47.1 Å². The summed E-state index contributed by atoms with van der Waals surface area (Å²) in [6.45, 7) is 0. The van der Waals surface area contributed by atoms with Crippen molar-refractivity contribution in [3.8, 4) is 34.2 Å². The smallest absolute Gasteiger partial charge is 0.247 e. The van der Waals surface area contributed by atoms with E-state index in [1.807, 2.05) is 57.8 Å². The van der Waals surface area contributed by atoms with Gasteiger partial charge in [0.2, 0.25) is 5.89 Å². The van der Waals surface area contributed by atoms with Gasteiger partial charge in [0.1, 0.15) is 24.0 Å². The van der Waals surface area contributed by atoms with E-state index in [0.717, 1.165) is 34.0 Å². The van der Waals surface area contributed by atoms with Crippen LogP contribution < -0.4 is 0 Å². The van der Waals surface area contributed by atoms with E-state index in [0.29, 0.717) is 23.0 Å².